The van der Waals surface area contributed by atoms with E-state index in [1.165, 1.54) is 0 Å². The molecule has 0 aliphatic carbocycles. The number of halogens is 1. The van der Waals surface area contributed by atoms with Crippen LogP contribution in [0.15, 0.2) is 53.7 Å². The Kier molecular flexibility index (Phi) is 7.77. The van der Waals surface area contributed by atoms with Gasteiger partial charge in [0.1, 0.15) is 0 Å². The molecule has 27 heavy (non-hydrogen) atoms. The minimum atomic E-state index is -3.35. The third kappa shape index (κ3) is 5.76. The second-order valence-electron chi connectivity index (χ2n) is 6.23. The Balaban J connectivity index is 0.000000223. The molecule has 1 N–H and O–H groups in total. The molecule has 0 saturated carbocycles. The first kappa shape index (κ1) is 21.3. The molecule has 146 valence electrons. The third-order valence-corrected chi connectivity index (χ3v) is 6.61. The Bertz CT molecular complexity index is 842. The van der Waals surface area contributed by atoms with Crippen molar-refractivity contribution >= 4 is 27.5 Å². The summed E-state index contributed by atoms with van der Waals surface area (Å²) in [7, 11) is -1.75. The summed E-state index contributed by atoms with van der Waals surface area (Å²) in [4.78, 5) is 15.0. The Morgan fingerprint density at radius 3 is 2.33 bits per heavy atom. The van der Waals surface area contributed by atoms with E-state index in [9.17, 15) is 13.2 Å². The van der Waals surface area contributed by atoms with E-state index in [2.05, 4.69) is 10.3 Å². The standard InChI is InChI=1S/C12H16ClNO2S.C7H8N2O/c1-10-4-2-3-9-14(10)17(15,16)12-7-5-11(13)6-8-12;1-8-7(10)6-2-4-9-5-3-6/h5-8,10H,2-4,9H2,1H3;2-5H,1H3,(H,8,10)/t10-;/m1./s1. The summed E-state index contributed by atoms with van der Waals surface area (Å²) in [5.74, 6) is -0.0811. The van der Waals surface area contributed by atoms with Crippen LogP contribution in [0.2, 0.25) is 5.02 Å². The van der Waals surface area contributed by atoms with Crippen LogP contribution < -0.4 is 5.32 Å². The van der Waals surface area contributed by atoms with Gasteiger partial charge in [0.2, 0.25) is 10.0 Å². The van der Waals surface area contributed by atoms with Crippen molar-refractivity contribution in [2.45, 2.75) is 37.1 Å². The zero-order valence-electron chi connectivity index (χ0n) is 15.4. The van der Waals surface area contributed by atoms with Crippen molar-refractivity contribution in [1.82, 2.24) is 14.6 Å². The lowest BCUT2D eigenvalue weighted by Crippen LogP contribution is -2.41. The van der Waals surface area contributed by atoms with Crippen LogP contribution in [0.1, 0.15) is 36.5 Å². The van der Waals surface area contributed by atoms with Crippen LogP contribution in [0.25, 0.3) is 0 Å². The van der Waals surface area contributed by atoms with Crippen LogP contribution in [-0.4, -0.2) is 43.2 Å². The molecule has 1 atom stereocenters. The van der Waals surface area contributed by atoms with Crippen molar-refractivity contribution in [3.63, 3.8) is 0 Å². The number of sulfonamides is 1. The van der Waals surface area contributed by atoms with E-state index >= 15 is 0 Å². The first-order chi connectivity index (χ1) is 12.9. The number of nitrogens with one attached hydrogen (secondary N) is 1. The molecule has 2 heterocycles. The van der Waals surface area contributed by atoms with Crippen LogP contribution in [0.5, 0.6) is 0 Å². The largest absolute Gasteiger partial charge is 0.355 e. The fourth-order valence-electron chi connectivity index (χ4n) is 2.82. The third-order valence-electron chi connectivity index (χ3n) is 4.33. The van der Waals surface area contributed by atoms with E-state index in [-0.39, 0.29) is 11.9 Å². The minimum absolute atomic E-state index is 0.0811. The molecule has 1 amide bonds. The van der Waals surface area contributed by atoms with Crippen molar-refractivity contribution < 1.29 is 13.2 Å². The highest BCUT2D eigenvalue weighted by Gasteiger charge is 2.30. The number of amides is 1. The van der Waals surface area contributed by atoms with Crippen molar-refractivity contribution in [2.75, 3.05) is 13.6 Å². The van der Waals surface area contributed by atoms with Gasteiger partial charge in [-0.2, -0.15) is 4.31 Å². The highest BCUT2D eigenvalue weighted by molar-refractivity contribution is 7.89. The first-order valence-electron chi connectivity index (χ1n) is 8.75. The average molecular weight is 410 g/mol. The van der Waals surface area contributed by atoms with Gasteiger partial charge in [-0.05, 0) is 56.2 Å². The number of benzene rings is 1. The molecule has 6 nitrogen and oxygen atoms in total. The normalized spacial score (nSPS) is 17.5. The Morgan fingerprint density at radius 1 is 1.15 bits per heavy atom. The quantitative estimate of drug-likeness (QED) is 0.843. The molecule has 1 aliphatic heterocycles. The molecule has 1 aromatic heterocycles. The summed E-state index contributed by atoms with van der Waals surface area (Å²) < 4.78 is 26.4. The van der Waals surface area contributed by atoms with Crippen LogP contribution in [0.3, 0.4) is 0 Å². The first-order valence-corrected chi connectivity index (χ1v) is 10.6. The molecule has 0 unspecified atom stereocenters. The molecule has 1 saturated heterocycles. The van der Waals surface area contributed by atoms with Gasteiger partial charge in [0.05, 0.1) is 4.90 Å². The molecular formula is C19H24ClN3O3S. The second kappa shape index (κ2) is 9.82. The molecule has 0 spiro atoms. The topological polar surface area (TPSA) is 79.4 Å². The number of carbonyl (C=O) groups excluding carboxylic acids is 1. The lowest BCUT2D eigenvalue weighted by Gasteiger charge is -2.32. The number of rotatable bonds is 3. The summed E-state index contributed by atoms with van der Waals surface area (Å²) >= 11 is 5.77. The maximum atomic E-state index is 12.4. The predicted octanol–water partition coefficient (Wildman–Crippen LogP) is 3.34. The van der Waals surface area contributed by atoms with Gasteiger partial charge in [0.15, 0.2) is 0 Å². The molecular weight excluding hydrogens is 386 g/mol. The fraction of sp³-hybridized carbons (Fsp3) is 0.368. The highest BCUT2D eigenvalue weighted by Crippen LogP contribution is 2.25. The van der Waals surface area contributed by atoms with Gasteiger partial charge in [0, 0.05) is 42.6 Å². The molecule has 2 aromatic rings. The second-order valence-corrected chi connectivity index (χ2v) is 8.56. The smallest absolute Gasteiger partial charge is 0.251 e. The Hall–Kier alpha value is -1.96. The van der Waals surface area contributed by atoms with Crippen LogP contribution in [0, 0.1) is 0 Å². The van der Waals surface area contributed by atoms with Crippen LogP contribution in [0.4, 0.5) is 0 Å². The van der Waals surface area contributed by atoms with Gasteiger partial charge in [-0.15, -0.1) is 0 Å². The zero-order chi connectivity index (χ0) is 19.9. The van der Waals surface area contributed by atoms with Gasteiger partial charge in [0.25, 0.3) is 5.91 Å². The summed E-state index contributed by atoms with van der Waals surface area (Å²) in [6.45, 7) is 2.58. The SMILES string of the molecule is CNC(=O)c1ccncc1.C[C@@H]1CCCCN1S(=O)(=O)c1ccc(Cl)cc1. The number of hydrogen-bond donors (Lipinski definition) is 1. The predicted molar refractivity (Wildman–Crippen MR) is 106 cm³/mol. The van der Waals surface area contributed by atoms with Gasteiger partial charge in [-0.1, -0.05) is 18.0 Å². The van der Waals surface area contributed by atoms with Gasteiger partial charge in [-0.3, -0.25) is 9.78 Å². The molecule has 1 aromatic carbocycles. The Morgan fingerprint density at radius 2 is 1.78 bits per heavy atom. The monoisotopic (exact) mass is 409 g/mol. The molecule has 1 aliphatic rings. The van der Waals surface area contributed by atoms with Gasteiger partial charge >= 0.3 is 0 Å². The van der Waals surface area contributed by atoms with Gasteiger partial charge in [-0.25, -0.2) is 8.42 Å². The van der Waals surface area contributed by atoms with Crippen molar-refractivity contribution in [1.29, 1.82) is 0 Å². The van der Waals surface area contributed by atoms with E-state index in [1.807, 2.05) is 6.92 Å². The molecule has 8 heteroatoms. The van der Waals surface area contributed by atoms with Crippen LogP contribution >= 0.6 is 11.6 Å². The van der Waals surface area contributed by atoms with E-state index in [0.29, 0.717) is 22.0 Å². The number of aromatic nitrogens is 1. The van der Waals surface area contributed by atoms with E-state index in [0.717, 1.165) is 19.3 Å². The minimum Gasteiger partial charge on any atom is -0.355 e. The van der Waals surface area contributed by atoms with Crippen LogP contribution in [-0.2, 0) is 10.0 Å². The number of pyridine rings is 1. The number of nitrogens with zero attached hydrogens (tertiary/aromatic N) is 2. The average Bonchev–Trinajstić information content (AvgIpc) is 2.69. The van der Waals surface area contributed by atoms with E-state index in [1.54, 1.807) is 60.1 Å². The molecule has 0 radical (unpaired) electrons. The summed E-state index contributed by atoms with van der Waals surface area (Å²) in [6, 6.07) is 9.78. The van der Waals surface area contributed by atoms with E-state index in [4.69, 9.17) is 11.6 Å². The number of hydrogen-bond acceptors (Lipinski definition) is 4. The van der Waals surface area contributed by atoms with Crippen molar-refractivity contribution in [3.8, 4) is 0 Å². The Labute approximate surface area is 165 Å². The molecule has 3 rings (SSSR count). The molecule has 1 fully saturated rings. The van der Waals surface area contributed by atoms with E-state index < -0.39 is 10.0 Å². The lowest BCUT2D eigenvalue weighted by atomic mass is 10.1. The molecule has 0 bridgehead atoms. The number of piperidine rings is 1. The summed E-state index contributed by atoms with van der Waals surface area (Å²) in [5, 5.41) is 3.07. The summed E-state index contributed by atoms with van der Waals surface area (Å²) in [5.41, 5.74) is 0.637. The number of carbonyl (C=O) groups is 1. The van der Waals surface area contributed by atoms with Crippen molar-refractivity contribution in [3.05, 3.63) is 59.4 Å². The highest BCUT2D eigenvalue weighted by atomic mass is 35.5. The fourth-order valence-corrected chi connectivity index (χ4v) is 4.64. The maximum absolute atomic E-state index is 12.4. The maximum Gasteiger partial charge on any atom is 0.251 e. The van der Waals surface area contributed by atoms with Gasteiger partial charge < -0.3 is 5.32 Å². The van der Waals surface area contributed by atoms with Crippen molar-refractivity contribution in [2.24, 2.45) is 0 Å². The summed E-state index contributed by atoms with van der Waals surface area (Å²) in [6.07, 6.45) is 6.16. The lowest BCUT2D eigenvalue weighted by molar-refractivity contribution is 0.0963. The zero-order valence-corrected chi connectivity index (χ0v) is 17.0.